The molecule has 2 N–H and O–H groups in total. The van der Waals surface area contributed by atoms with E-state index in [-0.39, 0.29) is 24.0 Å². The predicted octanol–water partition coefficient (Wildman–Crippen LogP) is 1.17. The highest BCUT2D eigenvalue weighted by molar-refractivity contribution is 5.78. The summed E-state index contributed by atoms with van der Waals surface area (Å²) in [5.41, 5.74) is 5.48. The molecule has 0 spiro atoms. The summed E-state index contributed by atoms with van der Waals surface area (Å²) in [5.74, 6) is 0.446. The molecule has 0 atom stereocenters. The number of hydrogen-bond acceptors (Lipinski definition) is 5. The third-order valence-electron chi connectivity index (χ3n) is 3.71. The second-order valence-electron chi connectivity index (χ2n) is 5.07. The van der Waals surface area contributed by atoms with Crippen LogP contribution in [0, 0.1) is 16.0 Å². The summed E-state index contributed by atoms with van der Waals surface area (Å²) in [6, 6.07) is 6.04. The Hall–Kier alpha value is -2.15. The van der Waals surface area contributed by atoms with Crippen molar-refractivity contribution in [3.63, 3.8) is 0 Å². The number of nitro groups is 1. The largest absolute Gasteiger partial charge is 0.477 e. The molecule has 7 nitrogen and oxygen atoms in total. The van der Waals surface area contributed by atoms with Gasteiger partial charge in [-0.25, -0.2) is 0 Å². The second-order valence-corrected chi connectivity index (χ2v) is 5.07. The van der Waals surface area contributed by atoms with Gasteiger partial charge in [0.2, 0.25) is 0 Å². The summed E-state index contributed by atoms with van der Waals surface area (Å²) >= 11 is 0. The van der Waals surface area contributed by atoms with Gasteiger partial charge in [-0.15, -0.1) is 0 Å². The number of amides is 1. The minimum absolute atomic E-state index is 0.118. The summed E-state index contributed by atoms with van der Waals surface area (Å²) in [4.78, 5) is 24.1. The Balaban J connectivity index is 1.89. The second kappa shape index (κ2) is 7.03. The van der Waals surface area contributed by atoms with E-state index in [4.69, 9.17) is 10.5 Å². The minimum Gasteiger partial charge on any atom is -0.477 e. The Morgan fingerprint density at radius 2 is 2.05 bits per heavy atom. The first-order valence-corrected chi connectivity index (χ1v) is 6.96. The molecule has 1 saturated heterocycles. The molecule has 1 aromatic carbocycles. The molecule has 1 heterocycles. The Kier molecular flexibility index (Phi) is 5.10. The van der Waals surface area contributed by atoms with E-state index in [1.54, 1.807) is 17.0 Å². The van der Waals surface area contributed by atoms with Gasteiger partial charge in [-0.3, -0.25) is 14.9 Å². The highest BCUT2D eigenvalue weighted by Gasteiger charge is 2.23. The van der Waals surface area contributed by atoms with Gasteiger partial charge in [0.1, 0.15) is 0 Å². The number of nitro benzene ring substituents is 1. The summed E-state index contributed by atoms with van der Waals surface area (Å²) < 4.78 is 5.31. The number of nitrogens with zero attached hydrogens (tertiary/aromatic N) is 2. The molecule has 114 valence electrons. The first kappa shape index (κ1) is 15.2. The number of likely N-dealkylation sites (tertiary alicyclic amines) is 1. The summed E-state index contributed by atoms with van der Waals surface area (Å²) in [6.07, 6.45) is 1.79. The molecule has 0 aromatic heterocycles. The average molecular weight is 293 g/mol. The highest BCUT2D eigenvalue weighted by atomic mass is 16.6. The number of benzene rings is 1. The lowest BCUT2D eigenvalue weighted by molar-refractivity contribution is -0.385. The standard InChI is InChI=1S/C14H19N3O4/c15-9-11-5-7-16(8-6-11)14(18)10-21-13-4-2-1-3-12(13)17(19)20/h1-4,11H,5-10,15H2. The van der Waals surface area contributed by atoms with Crippen molar-refractivity contribution >= 4 is 11.6 Å². The summed E-state index contributed by atoms with van der Waals surface area (Å²) in [6.45, 7) is 1.80. The molecule has 0 aliphatic carbocycles. The van der Waals surface area contributed by atoms with Crippen molar-refractivity contribution in [2.45, 2.75) is 12.8 Å². The third kappa shape index (κ3) is 3.91. The van der Waals surface area contributed by atoms with Gasteiger partial charge >= 0.3 is 5.69 Å². The molecular weight excluding hydrogens is 274 g/mol. The number of para-hydroxylation sites is 2. The fourth-order valence-corrected chi connectivity index (χ4v) is 2.38. The van der Waals surface area contributed by atoms with Crippen LogP contribution in [-0.4, -0.2) is 42.0 Å². The Bertz CT molecular complexity index is 513. The molecule has 21 heavy (non-hydrogen) atoms. The molecule has 7 heteroatoms. The molecule has 1 aliphatic rings. The normalized spacial score (nSPS) is 15.8. The number of hydrogen-bond donors (Lipinski definition) is 1. The maximum atomic E-state index is 12.0. The SMILES string of the molecule is NCC1CCN(C(=O)COc2ccccc2[N+](=O)[O-])CC1. The number of rotatable bonds is 5. The number of piperidine rings is 1. The van der Waals surface area contributed by atoms with E-state index in [0.717, 1.165) is 12.8 Å². The van der Waals surface area contributed by atoms with Crippen molar-refractivity contribution in [1.29, 1.82) is 0 Å². The van der Waals surface area contributed by atoms with Crippen LogP contribution in [-0.2, 0) is 4.79 Å². The maximum absolute atomic E-state index is 12.0. The monoisotopic (exact) mass is 293 g/mol. The van der Waals surface area contributed by atoms with Crippen LogP contribution in [0.5, 0.6) is 5.75 Å². The van der Waals surface area contributed by atoms with Gasteiger partial charge in [0.05, 0.1) is 4.92 Å². The zero-order chi connectivity index (χ0) is 15.2. The van der Waals surface area contributed by atoms with Crippen molar-refractivity contribution in [3.8, 4) is 5.75 Å². The zero-order valence-corrected chi connectivity index (χ0v) is 11.7. The quantitative estimate of drug-likeness (QED) is 0.649. The number of carbonyl (C=O) groups excluding carboxylic acids is 1. The molecule has 2 rings (SSSR count). The molecular formula is C14H19N3O4. The van der Waals surface area contributed by atoms with Crippen molar-refractivity contribution in [2.24, 2.45) is 11.7 Å². The van der Waals surface area contributed by atoms with Crippen LogP contribution in [0.1, 0.15) is 12.8 Å². The minimum atomic E-state index is -0.521. The molecule has 1 fully saturated rings. The number of carbonyl (C=O) groups is 1. The van der Waals surface area contributed by atoms with Crippen LogP contribution in [0.25, 0.3) is 0 Å². The molecule has 0 bridgehead atoms. The average Bonchev–Trinajstić information content (AvgIpc) is 2.52. The van der Waals surface area contributed by atoms with Gasteiger partial charge in [-0.2, -0.15) is 0 Å². The first-order valence-electron chi connectivity index (χ1n) is 6.96. The van der Waals surface area contributed by atoms with Gasteiger partial charge in [0.25, 0.3) is 5.91 Å². The van der Waals surface area contributed by atoms with E-state index in [9.17, 15) is 14.9 Å². The van der Waals surface area contributed by atoms with Crippen LogP contribution in [0.4, 0.5) is 5.69 Å². The van der Waals surface area contributed by atoms with Crippen molar-refractivity contribution in [1.82, 2.24) is 4.90 Å². The lowest BCUT2D eigenvalue weighted by Crippen LogP contribution is -2.42. The van der Waals surface area contributed by atoms with Crippen LogP contribution in [0.15, 0.2) is 24.3 Å². The van der Waals surface area contributed by atoms with Crippen molar-refractivity contribution < 1.29 is 14.5 Å². The molecule has 0 radical (unpaired) electrons. The Labute approximate surface area is 122 Å². The highest BCUT2D eigenvalue weighted by Crippen LogP contribution is 2.26. The molecule has 0 unspecified atom stereocenters. The third-order valence-corrected chi connectivity index (χ3v) is 3.71. The first-order chi connectivity index (χ1) is 10.1. The van der Waals surface area contributed by atoms with Gasteiger partial charge < -0.3 is 15.4 Å². The van der Waals surface area contributed by atoms with Crippen LogP contribution >= 0.6 is 0 Å². The van der Waals surface area contributed by atoms with Crippen LogP contribution in [0.2, 0.25) is 0 Å². The van der Waals surface area contributed by atoms with E-state index >= 15 is 0 Å². The topological polar surface area (TPSA) is 98.7 Å². The lowest BCUT2D eigenvalue weighted by Gasteiger charge is -2.31. The fraction of sp³-hybridized carbons (Fsp3) is 0.500. The number of ether oxygens (including phenoxy) is 1. The summed E-state index contributed by atoms with van der Waals surface area (Å²) in [5, 5.41) is 10.9. The van der Waals surface area contributed by atoms with Gasteiger partial charge in [-0.05, 0) is 31.4 Å². The van der Waals surface area contributed by atoms with Crippen molar-refractivity contribution in [3.05, 3.63) is 34.4 Å². The van der Waals surface area contributed by atoms with Gasteiger partial charge in [-0.1, -0.05) is 12.1 Å². The predicted molar refractivity (Wildman–Crippen MR) is 76.9 cm³/mol. The van der Waals surface area contributed by atoms with E-state index in [0.29, 0.717) is 25.6 Å². The van der Waals surface area contributed by atoms with Gasteiger partial charge in [0.15, 0.2) is 12.4 Å². The van der Waals surface area contributed by atoms with Gasteiger partial charge in [0, 0.05) is 19.2 Å². The Morgan fingerprint density at radius 3 is 2.67 bits per heavy atom. The fourth-order valence-electron chi connectivity index (χ4n) is 2.38. The van der Waals surface area contributed by atoms with Crippen LogP contribution < -0.4 is 10.5 Å². The van der Waals surface area contributed by atoms with E-state index in [2.05, 4.69) is 0 Å². The number of nitrogens with two attached hydrogens (primary N) is 1. The van der Waals surface area contributed by atoms with Crippen LogP contribution in [0.3, 0.4) is 0 Å². The Morgan fingerprint density at radius 1 is 1.38 bits per heavy atom. The van der Waals surface area contributed by atoms with E-state index in [1.165, 1.54) is 12.1 Å². The lowest BCUT2D eigenvalue weighted by atomic mass is 9.97. The molecule has 1 aromatic rings. The van der Waals surface area contributed by atoms with E-state index in [1.807, 2.05) is 0 Å². The maximum Gasteiger partial charge on any atom is 0.310 e. The zero-order valence-electron chi connectivity index (χ0n) is 11.7. The van der Waals surface area contributed by atoms with E-state index < -0.39 is 4.92 Å². The molecule has 1 aliphatic heterocycles. The molecule has 1 amide bonds. The molecule has 0 saturated carbocycles. The van der Waals surface area contributed by atoms with Crippen molar-refractivity contribution in [2.75, 3.05) is 26.2 Å². The smallest absolute Gasteiger partial charge is 0.310 e. The summed E-state index contributed by atoms with van der Waals surface area (Å²) in [7, 11) is 0.